The van der Waals surface area contributed by atoms with Crippen molar-refractivity contribution in [1.29, 1.82) is 0 Å². The van der Waals surface area contributed by atoms with E-state index in [9.17, 15) is 13.2 Å². The average molecular weight is 289 g/mol. The van der Waals surface area contributed by atoms with E-state index < -0.39 is 11.9 Å². The Morgan fingerprint density at radius 1 is 1.20 bits per heavy atom. The van der Waals surface area contributed by atoms with Gasteiger partial charge in [-0.3, -0.25) is 4.90 Å². The molecule has 0 spiro atoms. The zero-order valence-electron chi connectivity index (χ0n) is 11.3. The van der Waals surface area contributed by atoms with Crippen LogP contribution in [0.5, 0.6) is 0 Å². The second-order valence-electron chi connectivity index (χ2n) is 4.81. The molecule has 0 bridgehead atoms. The van der Waals surface area contributed by atoms with E-state index in [4.69, 9.17) is 5.73 Å². The number of hydrogen-bond acceptors (Lipinski definition) is 5. The minimum absolute atomic E-state index is 0.157. The van der Waals surface area contributed by atoms with Gasteiger partial charge in [-0.25, -0.2) is 9.97 Å². The van der Waals surface area contributed by atoms with Crippen molar-refractivity contribution in [2.75, 3.05) is 44.2 Å². The Labute approximate surface area is 115 Å². The number of nitrogens with two attached hydrogens (primary N) is 1. The Morgan fingerprint density at radius 2 is 1.85 bits per heavy atom. The molecule has 1 aliphatic rings. The van der Waals surface area contributed by atoms with Gasteiger partial charge in [0.15, 0.2) is 0 Å². The van der Waals surface area contributed by atoms with Crippen LogP contribution >= 0.6 is 0 Å². The van der Waals surface area contributed by atoms with Gasteiger partial charge in [0, 0.05) is 45.0 Å². The molecule has 0 aliphatic carbocycles. The lowest BCUT2D eigenvalue weighted by molar-refractivity contribution is -0.141. The topological polar surface area (TPSA) is 58.3 Å². The number of aryl methyl sites for hydroxylation is 1. The van der Waals surface area contributed by atoms with Gasteiger partial charge in [0.1, 0.15) is 5.69 Å². The summed E-state index contributed by atoms with van der Waals surface area (Å²) in [5, 5.41) is 0. The Bertz CT molecular complexity index is 455. The molecule has 5 nitrogen and oxygen atoms in total. The Balaban J connectivity index is 2.12. The number of anilines is 1. The third-order valence-corrected chi connectivity index (χ3v) is 3.23. The second-order valence-corrected chi connectivity index (χ2v) is 4.81. The lowest BCUT2D eigenvalue weighted by Crippen LogP contribution is -2.48. The lowest BCUT2D eigenvalue weighted by Gasteiger charge is -2.34. The monoisotopic (exact) mass is 289 g/mol. The van der Waals surface area contributed by atoms with E-state index in [1.165, 1.54) is 0 Å². The third kappa shape index (κ3) is 3.57. The fourth-order valence-corrected chi connectivity index (χ4v) is 2.19. The van der Waals surface area contributed by atoms with Crippen LogP contribution in [-0.4, -0.2) is 54.1 Å². The summed E-state index contributed by atoms with van der Waals surface area (Å²) in [6.45, 7) is 5.67. The predicted molar refractivity (Wildman–Crippen MR) is 69.5 cm³/mol. The van der Waals surface area contributed by atoms with Crippen LogP contribution in [0.4, 0.5) is 19.1 Å². The minimum Gasteiger partial charge on any atom is -0.338 e. The largest absolute Gasteiger partial charge is 0.433 e. The molecule has 0 saturated carbocycles. The molecule has 2 N–H and O–H groups in total. The Morgan fingerprint density at radius 3 is 2.40 bits per heavy atom. The van der Waals surface area contributed by atoms with Crippen molar-refractivity contribution < 1.29 is 13.2 Å². The fraction of sp³-hybridized carbons (Fsp3) is 0.667. The van der Waals surface area contributed by atoms with E-state index in [-0.39, 0.29) is 5.95 Å². The number of alkyl halides is 3. The molecule has 8 heteroatoms. The van der Waals surface area contributed by atoms with Gasteiger partial charge < -0.3 is 10.6 Å². The molecule has 2 rings (SSSR count). The van der Waals surface area contributed by atoms with Crippen LogP contribution in [0.3, 0.4) is 0 Å². The van der Waals surface area contributed by atoms with E-state index in [0.717, 1.165) is 25.7 Å². The highest BCUT2D eigenvalue weighted by molar-refractivity contribution is 5.33. The van der Waals surface area contributed by atoms with Crippen molar-refractivity contribution >= 4 is 5.95 Å². The molecule has 0 unspecified atom stereocenters. The molecule has 1 aliphatic heterocycles. The summed E-state index contributed by atoms with van der Waals surface area (Å²) in [6, 6.07) is 0.966. The van der Waals surface area contributed by atoms with E-state index in [1.54, 1.807) is 11.8 Å². The molecule has 0 aromatic carbocycles. The van der Waals surface area contributed by atoms with E-state index in [1.807, 2.05) is 0 Å². The molecule has 0 amide bonds. The quantitative estimate of drug-likeness (QED) is 0.895. The average Bonchev–Trinajstić information content (AvgIpc) is 2.38. The summed E-state index contributed by atoms with van der Waals surface area (Å²) >= 11 is 0. The van der Waals surface area contributed by atoms with Gasteiger partial charge in [0.2, 0.25) is 5.95 Å². The lowest BCUT2D eigenvalue weighted by atomic mass is 10.3. The molecule has 1 aromatic rings. The molecular weight excluding hydrogens is 271 g/mol. The molecule has 1 fully saturated rings. The minimum atomic E-state index is -4.44. The summed E-state index contributed by atoms with van der Waals surface area (Å²) in [5.41, 5.74) is 4.93. The van der Waals surface area contributed by atoms with Crippen LogP contribution in [0, 0.1) is 6.92 Å². The van der Waals surface area contributed by atoms with Crippen molar-refractivity contribution in [2.24, 2.45) is 5.73 Å². The maximum absolute atomic E-state index is 12.7. The highest BCUT2D eigenvalue weighted by Crippen LogP contribution is 2.29. The van der Waals surface area contributed by atoms with E-state index in [2.05, 4.69) is 14.9 Å². The van der Waals surface area contributed by atoms with Crippen LogP contribution in [0.25, 0.3) is 0 Å². The molecule has 0 atom stereocenters. The van der Waals surface area contributed by atoms with Gasteiger partial charge in [-0.1, -0.05) is 0 Å². The standard InChI is InChI=1S/C12H18F3N5/c1-9-8-10(12(13,14)15)18-11(17-9)20-6-4-19(3-2-16)5-7-20/h8H,2-7,16H2,1H3. The van der Waals surface area contributed by atoms with Gasteiger partial charge in [0.25, 0.3) is 0 Å². The number of halogens is 3. The highest BCUT2D eigenvalue weighted by Gasteiger charge is 2.34. The molecule has 2 heterocycles. The van der Waals surface area contributed by atoms with Crippen molar-refractivity contribution in [3.05, 3.63) is 17.5 Å². The number of nitrogens with zero attached hydrogens (tertiary/aromatic N) is 4. The first-order valence-electron chi connectivity index (χ1n) is 6.50. The summed E-state index contributed by atoms with van der Waals surface area (Å²) in [6.07, 6.45) is -4.44. The maximum Gasteiger partial charge on any atom is 0.433 e. The maximum atomic E-state index is 12.7. The zero-order valence-corrected chi connectivity index (χ0v) is 11.3. The van der Waals surface area contributed by atoms with Crippen molar-refractivity contribution in [2.45, 2.75) is 13.1 Å². The van der Waals surface area contributed by atoms with Crippen LogP contribution < -0.4 is 10.6 Å². The second kappa shape index (κ2) is 5.92. The van der Waals surface area contributed by atoms with Crippen LogP contribution in [0.2, 0.25) is 0 Å². The summed E-state index contributed by atoms with van der Waals surface area (Å²) in [4.78, 5) is 11.7. The Hall–Kier alpha value is -1.41. The molecule has 0 radical (unpaired) electrons. The van der Waals surface area contributed by atoms with Gasteiger partial charge >= 0.3 is 6.18 Å². The van der Waals surface area contributed by atoms with Crippen LogP contribution in [0.15, 0.2) is 6.07 Å². The fourth-order valence-electron chi connectivity index (χ4n) is 2.19. The highest BCUT2D eigenvalue weighted by atomic mass is 19.4. The van der Waals surface area contributed by atoms with Crippen molar-refractivity contribution in [3.8, 4) is 0 Å². The first-order chi connectivity index (χ1) is 9.40. The third-order valence-electron chi connectivity index (χ3n) is 3.23. The smallest absolute Gasteiger partial charge is 0.338 e. The van der Waals surface area contributed by atoms with Crippen LogP contribution in [0.1, 0.15) is 11.4 Å². The molecule has 1 saturated heterocycles. The first-order valence-corrected chi connectivity index (χ1v) is 6.50. The predicted octanol–water partition coefficient (Wildman–Crippen LogP) is 0.885. The number of piperazine rings is 1. The van der Waals surface area contributed by atoms with Crippen molar-refractivity contribution in [3.63, 3.8) is 0 Å². The zero-order chi connectivity index (χ0) is 14.8. The molecular formula is C12H18F3N5. The van der Waals surface area contributed by atoms with Gasteiger partial charge in [-0.2, -0.15) is 13.2 Å². The SMILES string of the molecule is Cc1cc(C(F)(F)F)nc(N2CCN(CCN)CC2)n1. The number of aromatic nitrogens is 2. The summed E-state index contributed by atoms with van der Waals surface area (Å²) < 4.78 is 38.2. The molecule has 20 heavy (non-hydrogen) atoms. The van der Waals surface area contributed by atoms with Gasteiger partial charge in [-0.15, -0.1) is 0 Å². The van der Waals surface area contributed by atoms with E-state index >= 15 is 0 Å². The first kappa shape index (κ1) is 15.0. The molecule has 112 valence electrons. The molecule has 1 aromatic heterocycles. The normalized spacial score (nSPS) is 17.6. The van der Waals surface area contributed by atoms with Gasteiger partial charge in [0.05, 0.1) is 0 Å². The van der Waals surface area contributed by atoms with Crippen molar-refractivity contribution in [1.82, 2.24) is 14.9 Å². The van der Waals surface area contributed by atoms with Crippen LogP contribution in [-0.2, 0) is 6.18 Å². The number of hydrogen-bond donors (Lipinski definition) is 1. The van der Waals surface area contributed by atoms with Gasteiger partial charge in [-0.05, 0) is 13.0 Å². The number of rotatable bonds is 3. The summed E-state index contributed by atoms with van der Waals surface area (Å²) in [7, 11) is 0. The summed E-state index contributed by atoms with van der Waals surface area (Å²) in [5.74, 6) is 0.157. The Kier molecular flexibility index (Phi) is 4.44. The van der Waals surface area contributed by atoms with E-state index in [0.29, 0.717) is 25.3 Å².